The van der Waals surface area contributed by atoms with Gasteiger partial charge in [0.15, 0.2) is 0 Å². The van der Waals surface area contributed by atoms with Gasteiger partial charge in [-0.05, 0) is 30.7 Å². The summed E-state index contributed by atoms with van der Waals surface area (Å²) >= 11 is 1.45. The molecule has 1 aromatic heterocycles. The number of amides is 2. The zero-order valence-corrected chi connectivity index (χ0v) is 12.8. The van der Waals surface area contributed by atoms with Crippen LogP contribution in [0.5, 0.6) is 0 Å². The van der Waals surface area contributed by atoms with Crippen molar-refractivity contribution >= 4 is 29.1 Å². The molecule has 0 spiro atoms. The van der Waals surface area contributed by atoms with E-state index in [0.717, 1.165) is 4.88 Å². The third kappa shape index (κ3) is 2.72. The average molecular weight is 322 g/mol. The highest BCUT2D eigenvalue weighted by Crippen LogP contribution is 2.35. The summed E-state index contributed by atoms with van der Waals surface area (Å²) in [5.74, 6) is -1.80. The smallest absolute Gasteiger partial charge is 0.306 e. The molecular weight excluding hydrogens is 304 g/mol. The van der Waals surface area contributed by atoms with Gasteiger partial charge in [0, 0.05) is 23.9 Å². The Hall–Kier alpha value is -1.89. The first-order valence-electron chi connectivity index (χ1n) is 7.42. The molecule has 1 saturated heterocycles. The minimum absolute atomic E-state index is 0.0861. The van der Waals surface area contributed by atoms with Crippen molar-refractivity contribution in [2.24, 2.45) is 11.8 Å². The molecule has 1 unspecified atom stereocenters. The van der Waals surface area contributed by atoms with Gasteiger partial charge in [0.1, 0.15) is 6.04 Å². The predicted octanol–water partition coefficient (Wildman–Crippen LogP) is 1.25. The van der Waals surface area contributed by atoms with Crippen molar-refractivity contribution < 1.29 is 19.5 Å². The number of nitrogens with one attached hydrogen (secondary N) is 1. The number of carbonyl (C=O) groups is 3. The molecule has 0 radical (unpaired) electrons. The van der Waals surface area contributed by atoms with Gasteiger partial charge in [-0.1, -0.05) is 6.07 Å². The second-order valence-corrected chi connectivity index (χ2v) is 6.77. The number of carboxylic acid groups (broad SMARTS) is 1. The van der Waals surface area contributed by atoms with Gasteiger partial charge < -0.3 is 15.3 Å². The van der Waals surface area contributed by atoms with E-state index in [1.807, 2.05) is 17.5 Å². The lowest BCUT2D eigenvalue weighted by Crippen LogP contribution is -2.53. The Balaban J connectivity index is 1.78. The van der Waals surface area contributed by atoms with Gasteiger partial charge in [0.05, 0.1) is 5.92 Å². The molecule has 1 saturated carbocycles. The third-order valence-corrected chi connectivity index (χ3v) is 5.36. The van der Waals surface area contributed by atoms with E-state index < -0.39 is 17.9 Å². The van der Waals surface area contributed by atoms with Gasteiger partial charge in [-0.3, -0.25) is 14.4 Å². The molecule has 1 aromatic rings. The van der Waals surface area contributed by atoms with Crippen molar-refractivity contribution in [1.29, 1.82) is 0 Å². The fourth-order valence-corrected chi connectivity index (χ4v) is 4.13. The molecule has 0 aromatic carbocycles. The fraction of sp³-hybridized carbons (Fsp3) is 0.533. The Labute approximate surface area is 132 Å². The largest absolute Gasteiger partial charge is 0.481 e. The van der Waals surface area contributed by atoms with E-state index in [1.165, 1.54) is 11.3 Å². The maximum atomic E-state index is 12.8. The van der Waals surface area contributed by atoms with E-state index in [4.69, 9.17) is 5.11 Å². The van der Waals surface area contributed by atoms with E-state index in [1.54, 1.807) is 4.90 Å². The highest BCUT2D eigenvalue weighted by atomic mass is 32.1. The van der Waals surface area contributed by atoms with Crippen LogP contribution in [0.15, 0.2) is 17.5 Å². The van der Waals surface area contributed by atoms with Crippen LogP contribution >= 0.6 is 11.3 Å². The SMILES string of the molecule is O=C1NCCN(C(=O)[C@H]2CC[C@@H](C(=O)O)C2)C1c1cccs1. The van der Waals surface area contributed by atoms with E-state index in [9.17, 15) is 14.4 Å². The monoisotopic (exact) mass is 322 g/mol. The molecule has 22 heavy (non-hydrogen) atoms. The summed E-state index contributed by atoms with van der Waals surface area (Å²) in [6.07, 6.45) is 1.50. The van der Waals surface area contributed by atoms with Crippen molar-refractivity contribution in [3.63, 3.8) is 0 Å². The van der Waals surface area contributed by atoms with Crippen LogP contribution in [-0.2, 0) is 14.4 Å². The molecule has 3 atom stereocenters. The van der Waals surface area contributed by atoms with E-state index >= 15 is 0 Å². The van der Waals surface area contributed by atoms with Gasteiger partial charge in [-0.2, -0.15) is 0 Å². The highest BCUT2D eigenvalue weighted by Gasteiger charge is 2.41. The van der Waals surface area contributed by atoms with Crippen molar-refractivity contribution in [3.05, 3.63) is 22.4 Å². The van der Waals surface area contributed by atoms with Gasteiger partial charge in [0.25, 0.3) is 0 Å². The van der Waals surface area contributed by atoms with Crippen molar-refractivity contribution in [2.45, 2.75) is 25.3 Å². The van der Waals surface area contributed by atoms with Gasteiger partial charge in [-0.15, -0.1) is 11.3 Å². The van der Waals surface area contributed by atoms with Gasteiger partial charge in [-0.25, -0.2) is 0 Å². The molecule has 3 rings (SSSR count). The molecule has 0 bridgehead atoms. The lowest BCUT2D eigenvalue weighted by molar-refractivity contribution is -0.147. The van der Waals surface area contributed by atoms with Crippen LogP contribution in [-0.4, -0.2) is 40.9 Å². The summed E-state index contributed by atoms with van der Waals surface area (Å²) in [6.45, 7) is 0.920. The molecule has 1 aliphatic carbocycles. The van der Waals surface area contributed by atoms with Crippen LogP contribution < -0.4 is 5.32 Å². The van der Waals surface area contributed by atoms with Gasteiger partial charge >= 0.3 is 5.97 Å². The molecule has 2 heterocycles. The number of hydrogen-bond acceptors (Lipinski definition) is 4. The molecule has 118 valence electrons. The molecule has 2 N–H and O–H groups in total. The zero-order chi connectivity index (χ0) is 15.7. The minimum Gasteiger partial charge on any atom is -0.481 e. The number of aliphatic carboxylic acids is 1. The third-order valence-electron chi connectivity index (χ3n) is 4.44. The standard InChI is InChI=1S/C15H18N2O4S/c18-13-12(11-2-1-7-22-11)17(6-5-16-13)14(19)9-3-4-10(8-9)15(20)21/h1-2,7,9-10,12H,3-6,8H2,(H,16,18)(H,20,21)/t9-,10+,12?/m0/s1. The molecular formula is C15H18N2O4S. The maximum absolute atomic E-state index is 12.8. The van der Waals surface area contributed by atoms with Crippen LogP contribution in [0.1, 0.15) is 30.2 Å². The predicted molar refractivity (Wildman–Crippen MR) is 80.2 cm³/mol. The first-order chi connectivity index (χ1) is 10.6. The number of carboxylic acids is 1. The summed E-state index contributed by atoms with van der Waals surface area (Å²) in [5.41, 5.74) is 0. The molecule has 1 aliphatic heterocycles. The van der Waals surface area contributed by atoms with Crippen molar-refractivity contribution in [2.75, 3.05) is 13.1 Å². The van der Waals surface area contributed by atoms with Crippen LogP contribution in [0.4, 0.5) is 0 Å². The summed E-state index contributed by atoms with van der Waals surface area (Å²) in [5, 5.41) is 13.8. The Kier molecular flexibility index (Phi) is 4.15. The Morgan fingerprint density at radius 2 is 2.09 bits per heavy atom. The Bertz CT molecular complexity index is 586. The van der Waals surface area contributed by atoms with Crippen molar-refractivity contribution in [1.82, 2.24) is 10.2 Å². The van der Waals surface area contributed by atoms with Crippen LogP contribution in [0.3, 0.4) is 0 Å². The molecule has 2 aliphatic rings. The summed E-state index contributed by atoms with van der Waals surface area (Å²) in [6, 6.07) is 3.14. The number of thiophene rings is 1. The quantitative estimate of drug-likeness (QED) is 0.877. The van der Waals surface area contributed by atoms with E-state index in [2.05, 4.69) is 5.32 Å². The summed E-state index contributed by atoms with van der Waals surface area (Å²) in [4.78, 5) is 38.5. The molecule has 6 nitrogen and oxygen atoms in total. The first-order valence-corrected chi connectivity index (χ1v) is 8.30. The maximum Gasteiger partial charge on any atom is 0.306 e. The second kappa shape index (κ2) is 6.08. The highest BCUT2D eigenvalue weighted by molar-refractivity contribution is 7.10. The lowest BCUT2D eigenvalue weighted by atomic mass is 10.0. The zero-order valence-electron chi connectivity index (χ0n) is 12.0. The average Bonchev–Trinajstić information content (AvgIpc) is 3.17. The fourth-order valence-electron chi connectivity index (χ4n) is 3.30. The molecule has 2 fully saturated rings. The summed E-state index contributed by atoms with van der Waals surface area (Å²) < 4.78 is 0. The molecule has 7 heteroatoms. The van der Waals surface area contributed by atoms with Crippen LogP contribution in [0, 0.1) is 11.8 Å². The number of nitrogens with zero attached hydrogens (tertiary/aromatic N) is 1. The number of rotatable bonds is 3. The second-order valence-electron chi connectivity index (χ2n) is 5.79. The number of hydrogen-bond donors (Lipinski definition) is 2. The normalized spacial score (nSPS) is 28.5. The number of carbonyl (C=O) groups excluding carboxylic acids is 2. The topological polar surface area (TPSA) is 86.7 Å². The molecule has 2 amide bonds. The van der Waals surface area contributed by atoms with Crippen LogP contribution in [0.25, 0.3) is 0 Å². The Morgan fingerprint density at radius 3 is 2.73 bits per heavy atom. The van der Waals surface area contributed by atoms with Crippen molar-refractivity contribution in [3.8, 4) is 0 Å². The van der Waals surface area contributed by atoms with Crippen LogP contribution in [0.2, 0.25) is 0 Å². The lowest BCUT2D eigenvalue weighted by Gasteiger charge is -2.36. The first kappa shape index (κ1) is 15.0. The van der Waals surface area contributed by atoms with E-state index in [-0.39, 0.29) is 17.7 Å². The van der Waals surface area contributed by atoms with Gasteiger partial charge in [0.2, 0.25) is 11.8 Å². The number of piperazine rings is 1. The Morgan fingerprint density at radius 1 is 1.32 bits per heavy atom. The summed E-state index contributed by atoms with van der Waals surface area (Å²) in [7, 11) is 0. The van der Waals surface area contributed by atoms with E-state index in [0.29, 0.717) is 32.4 Å². The minimum atomic E-state index is -0.832.